The molecule has 86 valence electrons. The minimum absolute atomic E-state index is 0.0959. The molecule has 1 fully saturated rings. The van der Waals surface area contributed by atoms with E-state index in [2.05, 4.69) is 19.1 Å². The van der Waals surface area contributed by atoms with Gasteiger partial charge in [0.15, 0.2) is 0 Å². The normalized spacial score (nSPS) is 18.5. The Bertz CT molecular complexity index is 419. The molecule has 1 heterocycles. The van der Waals surface area contributed by atoms with Gasteiger partial charge in [-0.05, 0) is 30.0 Å². The fraction of sp³-hybridized carbons (Fsp3) is 0.462. The number of carbonyl (C=O) groups is 1. The lowest BCUT2D eigenvalue weighted by Crippen LogP contribution is -2.07. The van der Waals surface area contributed by atoms with Crippen LogP contribution in [0, 0.1) is 6.92 Å². The van der Waals surface area contributed by atoms with Crippen LogP contribution in [0.25, 0.3) is 0 Å². The molecule has 1 unspecified atom stereocenters. The van der Waals surface area contributed by atoms with Gasteiger partial charge in [0, 0.05) is 0 Å². The zero-order valence-electron chi connectivity index (χ0n) is 9.62. The topological polar surface area (TPSA) is 49.8 Å². The third-order valence-electron chi connectivity index (χ3n) is 2.91. The van der Waals surface area contributed by atoms with E-state index in [0.717, 1.165) is 29.7 Å². The molecule has 1 aliphatic rings. The van der Waals surface area contributed by atoms with Gasteiger partial charge in [0.05, 0.1) is 13.0 Å². The molecule has 0 radical (unpaired) electrons. The summed E-state index contributed by atoms with van der Waals surface area (Å²) in [4.78, 5) is 10.9. The van der Waals surface area contributed by atoms with Crippen molar-refractivity contribution < 1.29 is 14.6 Å². The van der Waals surface area contributed by atoms with E-state index in [-0.39, 0.29) is 12.5 Å². The van der Waals surface area contributed by atoms with E-state index in [1.54, 1.807) is 0 Å². The molecule has 3 nitrogen and oxygen atoms in total. The number of hydrogen-bond donors (Lipinski definition) is 1. The highest BCUT2D eigenvalue weighted by atomic mass is 16.6. The van der Waals surface area contributed by atoms with Crippen LogP contribution in [0.2, 0.25) is 0 Å². The molecule has 0 bridgehead atoms. The lowest BCUT2D eigenvalue weighted by Gasteiger charge is -2.12. The van der Waals surface area contributed by atoms with Gasteiger partial charge in [-0.2, -0.15) is 0 Å². The predicted octanol–water partition coefficient (Wildman–Crippen LogP) is 2.26. The number of benzene rings is 1. The average molecular weight is 220 g/mol. The Balaban J connectivity index is 2.46. The third kappa shape index (κ3) is 2.25. The maximum Gasteiger partial charge on any atom is 0.307 e. The Hall–Kier alpha value is -1.35. The highest BCUT2D eigenvalue weighted by Crippen LogP contribution is 2.35. The van der Waals surface area contributed by atoms with Gasteiger partial charge in [0.2, 0.25) is 0 Å². The molecule has 0 aromatic heterocycles. The molecule has 2 rings (SSSR count). The van der Waals surface area contributed by atoms with Crippen LogP contribution in [0.1, 0.15) is 35.3 Å². The van der Waals surface area contributed by atoms with Crippen LogP contribution in [-0.4, -0.2) is 17.7 Å². The minimum Gasteiger partial charge on any atom is -0.481 e. The largest absolute Gasteiger partial charge is 0.481 e. The standard InChI is InChI=1S/C13H16O3/c1-3-9-4-8(2)5-11(12-7-16-12)10(9)6-13(14)15/h4-5,12H,3,6-7H2,1-2H3,(H,14,15). The lowest BCUT2D eigenvalue weighted by atomic mass is 9.92. The van der Waals surface area contributed by atoms with Crippen molar-refractivity contribution in [3.05, 3.63) is 34.4 Å². The van der Waals surface area contributed by atoms with Crippen LogP contribution < -0.4 is 0 Å². The van der Waals surface area contributed by atoms with E-state index in [4.69, 9.17) is 9.84 Å². The molecule has 0 amide bonds. The summed E-state index contributed by atoms with van der Waals surface area (Å²) in [6.45, 7) is 4.81. The van der Waals surface area contributed by atoms with Crippen LogP contribution >= 0.6 is 0 Å². The molecule has 1 aromatic rings. The number of hydrogen-bond acceptors (Lipinski definition) is 2. The molecule has 3 heteroatoms. The average Bonchev–Trinajstić information content (AvgIpc) is 3.02. The number of aryl methyl sites for hydroxylation is 2. The summed E-state index contributed by atoms with van der Waals surface area (Å²) in [6.07, 6.45) is 1.09. The van der Waals surface area contributed by atoms with Crippen molar-refractivity contribution >= 4 is 5.97 Å². The van der Waals surface area contributed by atoms with E-state index in [0.29, 0.717) is 0 Å². The second-order valence-electron chi connectivity index (χ2n) is 4.24. The van der Waals surface area contributed by atoms with Crippen LogP contribution in [0.15, 0.2) is 12.1 Å². The number of aliphatic carboxylic acids is 1. The van der Waals surface area contributed by atoms with Crippen molar-refractivity contribution in [3.8, 4) is 0 Å². The first-order valence-electron chi connectivity index (χ1n) is 5.57. The van der Waals surface area contributed by atoms with E-state index in [9.17, 15) is 4.79 Å². The van der Waals surface area contributed by atoms with E-state index in [1.807, 2.05) is 6.92 Å². The summed E-state index contributed by atoms with van der Waals surface area (Å²) < 4.78 is 5.28. The number of epoxide rings is 1. The molecule has 0 spiro atoms. The fourth-order valence-corrected chi connectivity index (χ4v) is 2.12. The van der Waals surface area contributed by atoms with Gasteiger partial charge in [-0.1, -0.05) is 24.6 Å². The van der Waals surface area contributed by atoms with E-state index >= 15 is 0 Å². The number of ether oxygens (including phenoxy) is 1. The van der Waals surface area contributed by atoms with Gasteiger partial charge in [0.25, 0.3) is 0 Å². The molecule has 1 N–H and O–H groups in total. The van der Waals surface area contributed by atoms with Crippen molar-refractivity contribution in [1.82, 2.24) is 0 Å². The number of carboxylic acid groups (broad SMARTS) is 1. The maximum absolute atomic E-state index is 10.9. The number of rotatable bonds is 4. The SMILES string of the molecule is CCc1cc(C)cc(C2CO2)c1CC(=O)O. The van der Waals surface area contributed by atoms with Crippen molar-refractivity contribution in [2.24, 2.45) is 0 Å². The first-order chi connectivity index (χ1) is 7.61. The fourth-order valence-electron chi connectivity index (χ4n) is 2.12. The molecular formula is C13H16O3. The van der Waals surface area contributed by atoms with Gasteiger partial charge in [-0.25, -0.2) is 0 Å². The van der Waals surface area contributed by atoms with Crippen molar-refractivity contribution in [3.63, 3.8) is 0 Å². The Morgan fingerprint density at radius 1 is 1.56 bits per heavy atom. The van der Waals surface area contributed by atoms with Gasteiger partial charge in [0.1, 0.15) is 6.10 Å². The summed E-state index contributed by atoms with van der Waals surface area (Å²) in [6, 6.07) is 4.12. The van der Waals surface area contributed by atoms with Crippen molar-refractivity contribution in [1.29, 1.82) is 0 Å². The maximum atomic E-state index is 10.9. The van der Waals surface area contributed by atoms with Gasteiger partial charge >= 0.3 is 5.97 Å². The van der Waals surface area contributed by atoms with Gasteiger partial charge < -0.3 is 9.84 Å². The Kier molecular flexibility index (Phi) is 2.97. The molecule has 1 aliphatic heterocycles. The van der Waals surface area contributed by atoms with Crippen LogP contribution in [0.3, 0.4) is 0 Å². The highest BCUT2D eigenvalue weighted by molar-refractivity contribution is 5.71. The molecule has 0 saturated carbocycles. The van der Waals surface area contributed by atoms with Gasteiger partial charge in [-0.3, -0.25) is 4.79 Å². The van der Waals surface area contributed by atoms with Crippen LogP contribution in [0.4, 0.5) is 0 Å². The van der Waals surface area contributed by atoms with Gasteiger partial charge in [-0.15, -0.1) is 0 Å². The quantitative estimate of drug-likeness (QED) is 0.792. The summed E-state index contributed by atoms with van der Waals surface area (Å²) in [5.41, 5.74) is 4.33. The Morgan fingerprint density at radius 2 is 2.25 bits per heavy atom. The number of carboxylic acids is 1. The van der Waals surface area contributed by atoms with Crippen LogP contribution in [0.5, 0.6) is 0 Å². The zero-order valence-corrected chi connectivity index (χ0v) is 9.62. The van der Waals surface area contributed by atoms with Crippen molar-refractivity contribution in [2.75, 3.05) is 6.61 Å². The second kappa shape index (κ2) is 4.26. The summed E-state index contributed by atoms with van der Waals surface area (Å²) in [5.74, 6) is -0.777. The van der Waals surface area contributed by atoms with Crippen LogP contribution in [-0.2, 0) is 22.4 Å². The zero-order chi connectivity index (χ0) is 11.7. The lowest BCUT2D eigenvalue weighted by molar-refractivity contribution is -0.136. The summed E-state index contributed by atoms with van der Waals surface area (Å²) in [7, 11) is 0. The molecule has 1 aromatic carbocycles. The highest BCUT2D eigenvalue weighted by Gasteiger charge is 2.29. The molecular weight excluding hydrogens is 204 g/mol. The third-order valence-corrected chi connectivity index (χ3v) is 2.91. The van der Waals surface area contributed by atoms with E-state index in [1.165, 1.54) is 5.56 Å². The first kappa shape index (κ1) is 11.1. The molecule has 0 aliphatic carbocycles. The van der Waals surface area contributed by atoms with Crippen molar-refractivity contribution in [2.45, 2.75) is 32.8 Å². The smallest absolute Gasteiger partial charge is 0.307 e. The first-order valence-corrected chi connectivity index (χ1v) is 5.57. The summed E-state index contributed by atoms with van der Waals surface area (Å²) in [5, 5.41) is 8.94. The monoisotopic (exact) mass is 220 g/mol. The Labute approximate surface area is 95.0 Å². The van der Waals surface area contributed by atoms with E-state index < -0.39 is 5.97 Å². The Morgan fingerprint density at radius 3 is 2.75 bits per heavy atom. The predicted molar refractivity (Wildman–Crippen MR) is 60.6 cm³/mol. The second-order valence-corrected chi connectivity index (χ2v) is 4.24. The molecule has 1 saturated heterocycles. The molecule has 1 atom stereocenters. The minimum atomic E-state index is -0.777. The summed E-state index contributed by atoms with van der Waals surface area (Å²) >= 11 is 0. The molecule has 16 heavy (non-hydrogen) atoms.